The minimum absolute atomic E-state index is 0.0126. The van der Waals surface area contributed by atoms with Gasteiger partial charge in [0.25, 0.3) is 5.91 Å². The topological polar surface area (TPSA) is 38.8 Å². The van der Waals surface area contributed by atoms with E-state index in [9.17, 15) is 4.79 Å². The van der Waals surface area contributed by atoms with Crippen LogP contribution in [0.3, 0.4) is 0 Å². The van der Waals surface area contributed by atoms with E-state index in [0.717, 1.165) is 25.0 Å². The molecule has 0 aliphatic carbocycles. The van der Waals surface area contributed by atoms with Gasteiger partial charge in [0.15, 0.2) is 0 Å². The molecule has 4 nitrogen and oxygen atoms in total. The molecule has 1 heterocycles. The van der Waals surface area contributed by atoms with Crippen molar-refractivity contribution in [1.82, 2.24) is 4.90 Å². The number of carbonyl (C=O) groups is 1. The predicted octanol–water partition coefficient (Wildman–Crippen LogP) is 3.52. The number of carbonyl (C=O) groups excluding carboxylic acids is 1. The molecule has 24 heavy (non-hydrogen) atoms. The van der Waals surface area contributed by atoms with Crippen LogP contribution in [0.4, 0.5) is 0 Å². The fraction of sp³-hybridized carbons (Fsp3) is 0.350. The standard InChI is InChI=1S/C20H23NO3/c1-21(14-16-7-3-2-4-8-16)20(22)17-9-5-10-18(13-17)24-15-19-11-6-12-23-19/h2-5,7-10,13,19H,6,11-12,14-15H2,1H3. The van der Waals surface area contributed by atoms with Crippen molar-refractivity contribution in [2.45, 2.75) is 25.5 Å². The number of benzene rings is 2. The largest absolute Gasteiger partial charge is 0.491 e. The summed E-state index contributed by atoms with van der Waals surface area (Å²) in [4.78, 5) is 14.3. The second kappa shape index (κ2) is 7.97. The molecule has 126 valence electrons. The molecular formula is C20H23NO3. The Morgan fingerprint density at radius 2 is 2.04 bits per heavy atom. The van der Waals surface area contributed by atoms with Crippen molar-refractivity contribution >= 4 is 5.91 Å². The zero-order valence-electron chi connectivity index (χ0n) is 14.0. The van der Waals surface area contributed by atoms with Gasteiger partial charge < -0.3 is 14.4 Å². The van der Waals surface area contributed by atoms with Gasteiger partial charge in [-0.15, -0.1) is 0 Å². The van der Waals surface area contributed by atoms with Crippen LogP contribution in [0, 0.1) is 0 Å². The van der Waals surface area contributed by atoms with Gasteiger partial charge in [-0.1, -0.05) is 36.4 Å². The summed E-state index contributed by atoms with van der Waals surface area (Å²) in [6.45, 7) is 1.94. The van der Waals surface area contributed by atoms with Gasteiger partial charge in [0.2, 0.25) is 0 Å². The minimum Gasteiger partial charge on any atom is -0.491 e. The predicted molar refractivity (Wildman–Crippen MR) is 93.2 cm³/mol. The summed E-state index contributed by atoms with van der Waals surface area (Å²) in [7, 11) is 1.81. The Morgan fingerprint density at radius 1 is 1.21 bits per heavy atom. The molecule has 1 amide bonds. The molecule has 1 fully saturated rings. The van der Waals surface area contributed by atoms with E-state index >= 15 is 0 Å². The second-order valence-corrected chi connectivity index (χ2v) is 6.12. The van der Waals surface area contributed by atoms with Crippen molar-refractivity contribution in [3.8, 4) is 5.75 Å². The smallest absolute Gasteiger partial charge is 0.254 e. The normalized spacial score (nSPS) is 16.8. The molecule has 0 radical (unpaired) electrons. The van der Waals surface area contributed by atoms with Crippen molar-refractivity contribution < 1.29 is 14.3 Å². The van der Waals surface area contributed by atoms with E-state index in [-0.39, 0.29) is 12.0 Å². The molecule has 0 spiro atoms. The van der Waals surface area contributed by atoms with Crippen molar-refractivity contribution in [1.29, 1.82) is 0 Å². The second-order valence-electron chi connectivity index (χ2n) is 6.12. The lowest BCUT2D eigenvalue weighted by molar-refractivity contribution is 0.0678. The summed E-state index contributed by atoms with van der Waals surface area (Å²) >= 11 is 0. The van der Waals surface area contributed by atoms with E-state index in [4.69, 9.17) is 9.47 Å². The van der Waals surface area contributed by atoms with E-state index < -0.39 is 0 Å². The number of ether oxygens (including phenoxy) is 2. The zero-order valence-corrected chi connectivity index (χ0v) is 14.0. The molecule has 4 heteroatoms. The first-order valence-corrected chi connectivity index (χ1v) is 8.36. The molecule has 1 saturated heterocycles. The van der Waals surface area contributed by atoms with Crippen LogP contribution in [0.2, 0.25) is 0 Å². The monoisotopic (exact) mass is 325 g/mol. The van der Waals surface area contributed by atoms with Gasteiger partial charge in [-0.05, 0) is 36.6 Å². The highest BCUT2D eigenvalue weighted by molar-refractivity contribution is 5.94. The number of hydrogen-bond acceptors (Lipinski definition) is 3. The van der Waals surface area contributed by atoms with Crippen LogP contribution >= 0.6 is 0 Å². The highest BCUT2D eigenvalue weighted by atomic mass is 16.5. The summed E-state index contributed by atoms with van der Waals surface area (Å²) in [5.74, 6) is 0.700. The van der Waals surface area contributed by atoms with Crippen LogP contribution in [0.1, 0.15) is 28.8 Å². The summed E-state index contributed by atoms with van der Waals surface area (Å²) in [5.41, 5.74) is 1.75. The average Bonchev–Trinajstić information content (AvgIpc) is 3.14. The van der Waals surface area contributed by atoms with Crippen LogP contribution < -0.4 is 4.74 Å². The molecule has 3 rings (SSSR count). The SMILES string of the molecule is CN(Cc1ccccc1)C(=O)c1cccc(OCC2CCCO2)c1. The van der Waals surface area contributed by atoms with Crippen LogP contribution in [0.15, 0.2) is 54.6 Å². The Morgan fingerprint density at radius 3 is 2.79 bits per heavy atom. The Labute approximate surface area is 143 Å². The van der Waals surface area contributed by atoms with E-state index in [0.29, 0.717) is 24.5 Å². The van der Waals surface area contributed by atoms with Gasteiger partial charge in [-0.25, -0.2) is 0 Å². The van der Waals surface area contributed by atoms with E-state index in [1.54, 1.807) is 11.0 Å². The van der Waals surface area contributed by atoms with Gasteiger partial charge >= 0.3 is 0 Å². The molecule has 1 aliphatic heterocycles. The van der Waals surface area contributed by atoms with Gasteiger partial charge in [-0.2, -0.15) is 0 Å². The molecule has 0 saturated carbocycles. The fourth-order valence-corrected chi connectivity index (χ4v) is 2.83. The molecule has 1 aliphatic rings. The van der Waals surface area contributed by atoms with Crippen LogP contribution in [-0.2, 0) is 11.3 Å². The third-order valence-electron chi connectivity index (χ3n) is 4.15. The fourth-order valence-electron chi connectivity index (χ4n) is 2.83. The Hall–Kier alpha value is -2.33. The van der Waals surface area contributed by atoms with Gasteiger partial charge in [0, 0.05) is 25.8 Å². The molecule has 1 atom stereocenters. The maximum absolute atomic E-state index is 12.6. The minimum atomic E-state index is -0.0126. The van der Waals surface area contributed by atoms with E-state index in [2.05, 4.69) is 0 Å². The lowest BCUT2D eigenvalue weighted by Crippen LogP contribution is -2.26. The summed E-state index contributed by atoms with van der Waals surface area (Å²) < 4.78 is 11.3. The maximum atomic E-state index is 12.6. The third-order valence-corrected chi connectivity index (χ3v) is 4.15. The van der Waals surface area contributed by atoms with Crippen LogP contribution in [0.5, 0.6) is 5.75 Å². The van der Waals surface area contributed by atoms with E-state index in [1.165, 1.54) is 0 Å². The number of amides is 1. The van der Waals surface area contributed by atoms with Crippen molar-refractivity contribution in [2.75, 3.05) is 20.3 Å². The lowest BCUT2D eigenvalue weighted by atomic mass is 10.1. The quantitative estimate of drug-likeness (QED) is 0.816. The van der Waals surface area contributed by atoms with Crippen molar-refractivity contribution in [2.24, 2.45) is 0 Å². The zero-order chi connectivity index (χ0) is 16.8. The first-order valence-electron chi connectivity index (χ1n) is 8.36. The third kappa shape index (κ3) is 4.36. The highest BCUT2D eigenvalue weighted by Gasteiger charge is 2.17. The first kappa shape index (κ1) is 16.5. The number of hydrogen-bond donors (Lipinski definition) is 0. The molecule has 0 aromatic heterocycles. The van der Waals surface area contributed by atoms with Crippen molar-refractivity contribution in [3.63, 3.8) is 0 Å². The lowest BCUT2D eigenvalue weighted by Gasteiger charge is -2.18. The number of rotatable bonds is 6. The van der Waals surface area contributed by atoms with Gasteiger partial charge in [0.1, 0.15) is 12.4 Å². The molecule has 1 unspecified atom stereocenters. The van der Waals surface area contributed by atoms with Crippen molar-refractivity contribution in [3.05, 3.63) is 65.7 Å². The van der Waals surface area contributed by atoms with Gasteiger partial charge in [0.05, 0.1) is 6.10 Å². The van der Waals surface area contributed by atoms with Crippen LogP contribution in [0.25, 0.3) is 0 Å². The molecule has 2 aromatic carbocycles. The Balaban J connectivity index is 1.60. The summed E-state index contributed by atoms with van der Waals surface area (Å²) in [6.07, 6.45) is 2.31. The molecule has 0 N–H and O–H groups in total. The molecule has 2 aromatic rings. The number of nitrogens with zero attached hydrogens (tertiary/aromatic N) is 1. The van der Waals surface area contributed by atoms with E-state index in [1.807, 2.05) is 55.6 Å². The molecule has 0 bridgehead atoms. The Bertz CT molecular complexity index is 666. The Kier molecular flexibility index (Phi) is 5.49. The first-order chi connectivity index (χ1) is 11.7. The summed E-state index contributed by atoms with van der Waals surface area (Å²) in [5, 5.41) is 0. The average molecular weight is 325 g/mol. The highest BCUT2D eigenvalue weighted by Crippen LogP contribution is 2.18. The van der Waals surface area contributed by atoms with Crippen LogP contribution in [-0.4, -0.2) is 37.2 Å². The van der Waals surface area contributed by atoms with Gasteiger partial charge in [-0.3, -0.25) is 4.79 Å². The summed E-state index contributed by atoms with van der Waals surface area (Å²) in [6, 6.07) is 17.3. The maximum Gasteiger partial charge on any atom is 0.254 e. The molecular weight excluding hydrogens is 302 g/mol.